The van der Waals surface area contributed by atoms with E-state index in [0.29, 0.717) is 39.1 Å². The molecule has 3 aliphatic heterocycles. The van der Waals surface area contributed by atoms with E-state index < -0.39 is 0 Å². The normalized spacial score (nSPS) is 28.1. The molecule has 0 spiro atoms. The van der Waals surface area contributed by atoms with Crippen molar-refractivity contribution >= 4 is 29.1 Å². The Balaban J connectivity index is 1.52. The number of rotatable bonds is 3. The molecule has 132 valence electrons. The van der Waals surface area contributed by atoms with Crippen molar-refractivity contribution in [3.63, 3.8) is 0 Å². The lowest BCUT2D eigenvalue weighted by atomic mass is 9.79. The Morgan fingerprint density at radius 1 is 1.20 bits per heavy atom. The fourth-order valence-corrected chi connectivity index (χ4v) is 4.46. The van der Waals surface area contributed by atoms with E-state index in [-0.39, 0.29) is 11.9 Å². The highest BCUT2D eigenvalue weighted by Gasteiger charge is 2.40. The van der Waals surface area contributed by atoms with Crippen LogP contribution in [0.3, 0.4) is 0 Å². The van der Waals surface area contributed by atoms with Crippen molar-refractivity contribution in [2.24, 2.45) is 5.92 Å². The smallest absolute Gasteiger partial charge is 0.287 e. The minimum absolute atomic E-state index is 0.171. The highest BCUT2D eigenvalue weighted by atomic mass is 35.5. The van der Waals surface area contributed by atoms with Gasteiger partial charge < -0.3 is 9.73 Å². The monoisotopic (exact) mass is 378 g/mol. The van der Waals surface area contributed by atoms with Gasteiger partial charge in [-0.1, -0.05) is 29.3 Å². The Labute approximate surface area is 157 Å². The van der Waals surface area contributed by atoms with Crippen LogP contribution in [0, 0.1) is 5.92 Å². The number of benzene rings is 1. The molecule has 2 atom stereocenters. The molecule has 5 rings (SSSR count). The zero-order valence-electron chi connectivity index (χ0n) is 14.0. The molecule has 0 radical (unpaired) electrons. The number of amides is 1. The highest BCUT2D eigenvalue weighted by Crippen LogP contribution is 2.35. The molecule has 6 heteroatoms. The molecule has 3 fully saturated rings. The second-order valence-electron chi connectivity index (χ2n) is 6.88. The molecule has 2 aromatic rings. The maximum absolute atomic E-state index is 12.6. The molecule has 3 aliphatic rings. The SMILES string of the molecule is C[C@H]1[C@H](NC(=O)c2ccc(-c3cccc(Cl)c3Cl)o2)C2CCN1CC2. The maximum Gasteiger partial charge on any atom is 0.287 e. The fourth-order valence-electron chi connectivity index (χ4n) is 4.07. The average Bonchev–Trinajstić information content (AvgIpc) is 3.11. The first kappa shape index (κ1) is 17.0. The summed E-state index contributed by atoms with van der Waals surface area (Å²) < 4.78 is 5.76. The van der Waals surface area contributed by atoms with Crippen LogP contribution >= 0.6 is 23.2 Å². The summed E-state index contributed by atoms with van der Waals surface area (Å²) >= 11 is 12.3. The molecule has 0 aliphatic carbocycles. The standard InChI is InChI=1S/C19H20Cl2N2O2/c1-11-18(12-7-9-23(11)10-8-12)22-19(24)16-6-5-15(25-16)13-3-2-4-14(20)17(13)21/h2-6,11-12,18H,7-10H2,1H3,(H,22,24)/t11-,18-/m0/s1. The van der Waals surface area contributed by atoms with Crippen molar-refractivity contribution in [3.8, 4) is 11.3 Å². The van der Waals surface area contributed by atoms with E-state index in [1.807, 2.05) is 6.07 Å². The van der Waals surface area contributed by atoms with Crippen LogP contribution in [0.5, 0.6) is 0 Å². The second-order valence-corrected chi connectivity index (χ2v) is 7.66. The number of hydrogen-bond acceptors (Lipinski definition) is 3. The first-order valence-electron chi connectivity index (χ1n) is 8.63. The third-order valence-corrected chi connectivity index (χ3v) is 6.34. The van der Waals surface area contributed by atoms with E-state index in [0.717, 1.165) is 25.9 Å². The second kappa shape index (κ2) is 6.67. The number of furan rings is 1. The predicted octanol–water partition coefficient (Wildman–Crippen LogP) is 4.47. The zero-order valence-corrected chi connectivity index (χ0v) is 15.5. The fraction of sp³-hybridized carbons (Fsp3) is 0.421. The van der Waals surface area contributed by atoms with Crippen molar-refractivity contribution in [3.05, 3.63) is 46.1 Å². The van der Waals surface area contributed by atoms with Gasteiger partial charge in [-0.3, -0.25) is 9.69 Å². The van der Waals surface area contributed by atoms with Gasteiger partial charge in [0.05, 0.1) is 10.0 Å². The first-order valence-corrected chi connectivity index (χ1v) is 9.39. The maximum atomic E-state index is 12.6. The topological polar surface area (TPSA) is 45.5 Å². The molecule has 1 amide bonds. The number of halogens is 2. The number of carbonyl (C=O) groups excluding carboxylic acids is 1. The summed E-state index contributed by atoms with van der Waals surface area (Å²) in [6, 6.07) is 9.34. The molecule has 2 bridgehead atoms. The summed E-state index contributed by atoms with van der Waals surface area (Å²) in [5.41, 5.74) is 0.685. The number of hydrogen-bond donors (Lipinski definition) is 1. The van der Waals surface area contributed by atoms with Gasteiger partial charge in [0.1, 0.15) is 5.76 Å². The molecular weight excluding hydrogens is 359 g/mol. The Morgan fingerprint density at radius 2 is 1.96 bits per heavy atom. The molecule has 0 unspecified atom stereocenters. The van der Waals surface area contributed by atoms with Crippen LogP contribution in [-0.4, -0.2) is 36.0 Å². The summed E-state index contributed by atoms with van der Waals surface area (Å²) in [7, 11) is 0. The van der Waals surface area contributed by atoms with Crippen molar-refractivity contribution < 1.29 is 9.21 Å². The van der Waals surface area contributed by atoms with Gasteiger partial charge in [0.15, 0.2) is 5.76 Å². The summed E-state index contributed by atoms with van der Waals surface area (Å²) in [5.74, 6) is 1.23. The van der Waals surface area contributed by atoms with Crippen LogP contribution in [-0.2, 0) is 0 Å². The molecule has 1 aromatic heterocycles. The van der Waals surface area contributed by atoms with Crippen molar-refractivity contribution in [1.82, 2.24) is 10.2 Å². The highest BCUT2D eigenvalue weighted by molar-refractivity contribution is 6.43. The lowest BCUT2D eigenvalue weighted by molar-refractivity contribution is 0.0211. The summed E-state index contributed by atoms with van der Waals surface area (Å²) in [5, 5.41) is 4.06. The first-order chi connectivity index (χ1) is 12.0. The van der Waals surface area contributed by atoms with Crippen LogP contribution < -0.4 is 5.32 Å². The van der Waals surface area contributed by atoms with Crippen LogP contribution in [0.1, 0.15) is 30.3 Å². The van der Waals surface area contributed by atoms with E-state index in [2.05, 4.69) is 17.1 Å². The van der Waals surface area contributed by atoms with Gasteiger partial charge in [-0.15, -0.1) is 0 Å². The van der Waals surface area contributed by atoms with E-state index >= 15 is 0 Å². The minimum atomic E-state index is -0.171. The van der Waals surface area contributed by atoms with Crippen LogP contribution in [0.4, 0.5) is 0 Å². The van der Waals surface area contributed by atoms with Crippen LogP contribution in [0.15, 0.2) is 34.7 Å². The number of fused-ring (bicyclic) bond motifs is 3. The average molecular weight is 379 g/mol. The Morgan fingerprint density at radius 3 is 2.68 bits per heavy atom. The molecule has 4 heterocycles. The zero-order chi connectivity index (χ0) is 17.6. The number of piperidine rings is 3. The van der Waals surface area contributed by atoms with E-state index in [1.54, 1.807) is 24.3 Å². The third kappa shape index (κ3) is 3.07. The van der Waals surface area contributed by atoms with E-state index in [9.17, 15) is 4.79 Å². The van der Waals surface area contributed by atoms with Gasteiger partial charge >= 0.3 is 0 Å². The van der Waals surface area contributed by atoms with Gasteiger partial charge in [-0.2, -0.15) is 0 Å². The molecule has 4 nitrogen and oxygen atoms in total. The van der Waals surface area contributed by atoms with Crippen molar-refractivity contribution in [1.29, 1.82) is 0 Å². The lowest BCUT2D eigenvalue weighted by Crippen LogP contribution is -2.62. The number of nitrogens with one attached hydrogen (secondary N) is 1. The Kier molecular flexibility index (Phi) is 4.52. The van der Waals surface area contributed by atoms with Gasteiger partial charge in [-0.05, 0) is 63.0 Å². The Bertz CT molecular complexity index is 794. The van der Waals surface area contributed by atoms with Gasteiger partial charge in [0.25, 0.3) is 5.91 Å². The number of nitrogens with zero attached hydrogens (tertiary/aromatic N) is 1. The van der Waals surface area contributed by atoms with Gasteiger partial charge in [0, 0.05) is 17.6 Å². The van der Waals surface area contributed by atoms with Gasteiger partial charge in [-0.25, -0.2) is 0 Å². The van der Waals surface area contributed by atoms with E-state index in [4.69, 9.17) is 27.6 Å². The van der Waals surface area contributed by atoms with Crippen LogP contribution in [0.25, 0.3) is 11.3 Å². The lowest BCUT2D eigenvalue weighted by Gasteiger charge is -2.49. The summed E-state index contributed by atoms with van der Waals surface area (Å²) in [6.45, 7) is 4.46. The third-order valence-electron chi connectivity index (χ3n) is 5.52. The van der Waals surface area contributed by atoms with Crippen LogP contribution in [0.2, 0.25) is 10.0 Å². The molecular formula is C19H20Cl2N2O2. The predicted molar refractivity (Wildman–Crippen MR) is 99.2 cm³/mol. The van der Waals surface area contributed by atoms with Gasteiger partial charge in [0.2, 0.25) is 0 Å². The molecule has 3 saturated heterocycles. The van der Waals surface area contributed by atoms with Crippen molar-refractivity contribution in [2.75, 3.05) is 13.1 Å². The minimum Gasteiger partial charge on any atom is -0.451 e. The summed E-state index contributed by atoms with van der Waals surface area (Å²) in [6.07, 6.45) is 2.30. The molecule has 1 N–H and O–H groups in total. The Hall–Kier alpha value is -1.49. The quantitative estimate of drug-likeness (QED) is 0.856. The van der Waals surface area contributed by atoms with E-state index in [1.165, 1.54) is 0 Å². The largest absolute Gasteiger partial charge is 0.451 e. The summed E-state index contributed by atoms with van der Waals surface area (Å²) in [4.78, 5) is 15.1. The molecule has 1 aromatic carbocycles. The molecule has 25 heavy (non-hydrogen) atoms. The molecule has 0 saturated carbocycles. The van der Waals surface area contributed by atoms with Crippen molar-refractivity contribution in [2.45, 2.75) is 31.8 Å². The number of carbonyl (C=O) groups is 1.